The molecule has 1 amide bonds. The first kappa shape index (κ1) is 9.01. The van der Waals surface area contributed by atoms with E-state index in [1.54, 1.807) is 4.90 Å². The molecule has 66 valence electrons. The second-order valence-electron chi connectivity index (χ2n) is 2.92. The van der Waals surface area contributed by atoms with E-state index in [4.69, 9.17) is 10.00 Å². The highest BCUT2D eigenvalue weighted by atomic mass is 16.5. The fraction of sp³-hybridized carbons (Fsp3) is 0.750. The Morgan fingerprint density at radius 1 is 1.83 bits per heavy atom. The predicted molar refractivity (Wildman–Crippen MR) is 42.2 cm³/mol. The van der Waals surface area contributed by atoms with Gasteiger partial charge in [-0.2, -0.15) is 5.26 Å². The summed E-state index contributed by atoms with van der Waals surface area (Å²) in [5.74, 6) is -0.101. The van der Waals surface area contributed by atoms with Gasteiger partial charge in [0.1, 0.15) is 6.61 Å². The molecule has 0 aliphatic carbocycles. The molecule has 1 atom stereocenters. The molecule has 0 aromatic carbocycles. The first-order valence-corrected chi connectivity index (χ1v) is 3.99. The topological polar surface area (TPSA) is 53.3 Å². The van der Waals surface area contributed by atoms with Crippen LogP contribution in [0.1, 0.15) is 6.92 Å². The monoisotopic (exact) mass is 168 g/mol. The van der Waals surface area contributed by atoms with E-state index in [-0.39, 0.29) is 18.4 Å². The van der Waals surface area contributed by atoms with Gasteiger partial charge in [-0.3, -0.25) is 4.79 Å². The van der Waals surface area contributed by atoms with Crippen LogP contribution in [0.5, 0.6) is 0 Å². The fourth-order valence-corrected chi connectivity index (χ4v) is 1.11. The highest BCUT2D eigenvalue weighted by Gasteiger charge is 2.19. The summed E-state index contributed by atoms with van der Waals surface area (Å²) >= 11 is 0. The molecular formula is C8H12N2O2. The third kappa shape index (κ3) is 2.21. The second kappa shape index (κ2) is 4.07. The molecule has 1 rings (SSSR count). The van der Waals surface area contributed by atoms with Crippen molar-refractivity contribution in [3.63, 3.8) is 0 Å². The van der Waals surface area contributed by atoms with E-state index < -0.39 is 0 Å². The molecule has 1 saturated heterocycles. The van der Waals surface area contributed by atoms with E-state index in [9.17, 15) is 4.79 Å². The Balaban J connectivity index is 2.40. The van der Waals surface area contributed by atoms with Crippen LogP contribution in [0.4, 0.5) is 0 Å². The summed E-state index contributed by atoms with van der Waals surface area (Å²) in [6.07, 6.45) is 0. The van der Waals surface area contributed by atoms with E-state index in [0.29, 0.717) is 19.7 Å². The van der Waals surface area contributed by atoms with Crippen molar-refractivity contribution >= 4 is 5.91 Å². The average Bonchev–Trinajstić information content (AvgIpc) is 2.09. The summed E-state index contributed by atoms with van der Waals surface area (Å²) in [5, 5.41) is 8.53. The van der Waals surface area contributed by atoms with Crippen LogP contribution < -0.4 is 0 Å². The number of nitriles is 1. The van der Waals surface area contributed by atoms with Gasteiger partial charge < -0.3 is 9.64 Å². The molecule has 0 spiro atoms. The number of morpholine rings is 1. The molecule has 4 nitrogen and oxygen atoms in total. The number of carbonyl (C=O) groups is 1. The number of ether oxygens (including phenoxy) is 1. The van der Waals surface area contributed by atoms with Crippen molar-refractivity contribution in [2.24, 2.45) is 5.92 Å². The zero-order valence-corrected chi connectivity index (χ0v) is 7.12. The van der Waals surface area contributed by atoms with E-state index in [2.05, 4.69) is 6.07 Å². The molecule has 0 bridgehead atoms. The van der Waals surface area contributed by atoms with E-state index in [1.807, 2.05) is 6.92 Å². The molecule has 12 heavy (non-hydrogen) atoms. The molecule has 0 N–H and O–H groups in total. The summed E-state index contributed by atoms with van der Waals surface area (Å²) in [6.45, 7) is 3.70. The Bertz CT molecular complexity index is 210. The lowest BCUT2D eigenvalue weighted by Crippen LogP contribution is -2.43. The SMILES string of the molecule is CC(C#N)CN1CCOCC1=O. The van der Waals surface area contributed by atoms with Gasteiger partial charge in [0.15, 0.2) is 0 Å². The number of hydrogen-bond donors (Lipinski definition) is 0. The third-order valence-electron chi connectivity index (χ3n) is 1.80. The number of hydrogen-bond acceptors (Lipinski definition) is 3. The zero-order valence-electron chi connectivity index (χ0n) is 7.12. The van der Waals surface area contributed by atoms with Gasteiger partial charge in [-0.05, 0) is 6.92 Å². The number of rotatable bonds is 2. The molecule has 0 aromatic rings. The van der Waals surface area contributed by atoms with Gasteiger partial charge in [0.2, 0.25) is 5.91 Å². The van der Waals surface area contributed by atoms with Crippen molar-refractivity contribution in [1.82, 2.24) is 4.90 Å². The Hall–Kier alpha value is -1.08. The second-order valence-corrected chi connectivity index (χ2v) is 2.92. The number of nitrogens with zero attached hydrogens (tertiary/aromatic N) is 2. The summed E-state index contributed by atoms with van der Waals surface area (Å²) in [6, 6.07) is 2.10. The first-order valence-electron chi connectivity index (χ1n) is 3.99. The zero-order chi connectivity index (χ0) is 8.97. The van der Waals surface area contributed by atoms with E-state index >= 15 is 0 Å². The van der Waals surface area contributed by atoms with Gasteiger partial charge in [0, 0.05) is 13.1 Å². The lowest BCUT2D eigenvalue weighted by atomic mass is 10.2. The van der Waals surface area contributed by atoms with Crippen LogP contribution in [0, 0.1) is 17.2 Å². The Morgan fingerprint density at radius 3 is 3.17 bits per heavy atom. The van der Waals surface area contributed by atoms with Gasteiger partial charge in [0.25, 0.3) is 0 Å². The van der Waals surface area contributed by atoms with Crippen molar-refractivity contribution in [1.29, 1.82) is 5.26 Å². The fourth-order valence-electron chi connectivity index (χ4n) is 1.11. The molecule has 0 aromatic heterocycles. The van der Waals surface area contributed by atoms with Crippen molar-refractivity contribution in [2.75, 3.05) is 26.3 Å². The average molecular weight is 168 g/mol. The third-order valence-corrected chi connectivity index (χ3v) is 1.80. The minimum absolute atomic E-state index is 0.0108. The molecular weight excluding hydrogens is 156 g/mol. The van der Waals surface area contributed by atoms with Crippen LogP contribution >= 0.6 is 0 Å². The van der Waals surface area contributed by atoms with Crippen molar-refractivity contribution in [3.8, 4) is 6.07 Å². The molecule has 1 aliphatic heterocycles. The van der Waals surface area contributed by atoms with Gasteiger partial charge >= 0.3 is 0 Å². The Kier molecular flexibility index (Phi) is 3.06. The molecule has 1 heterocycles. The molecule has 0 radical (unpaired) electrons. The van der Waals surface area contributed by atoms with Gasteiger partial charge in [-0.1, -0.05) is 0 Å². The minimum atomic E-state index is -0.0907. The van der Waals surface area contributed by atoms with E-state index in [0.717, 1.165) is 0 Å². The van der Waals surface area contributed by atoms with Crippen molar-refractivity contribution < 1.29 is 9.53 Å². The van der Waals surface area contributed by atoms with Crippen LogP contribution in [0.2, 0.25) is 0 Å². The molecule has 4 heteroatoms. The maximum atomic E-state index is 11.1. The van der Waals surface area contributed by atoms with Crippen LogP contribution in [0.25, 0.3) is 0 Å². The predicted octanol–water partition coefficient (Wildman–Crippen LogP) is 0.00488. The quantitative estimate of drug-likeness (QED) is 0.583. The smallest absolute Gasteiger partial charge is 0.248 e. The lowest BCUT2D eigenvalue weighted by molar-refractivity contribution is -0.143. The Labute approximate surface area is 71.7 Å². The highest BCUT2D eigenvalue weighted by molar-refractivity contribution is 5.78. The largest absolute Gasteiger partial charge is 0.370 e. The van der Waals surface area contributed by atoms with E-state index in [1.165, 1.54) is 0 Å². The van der Waals surface area contributed by atoms with Crippen LogP contribution in [0.3, 0.4) is 0 Å². The molecule has 0 saturated carbocycles. The van der Waals surface area contributed by atoms with Gasteiger partial charge in [-0.15, -0.1) is 0 Å². The molecule has 1 fully saturated rings. The van der Waals surface area contributed by atoms with Gasteiger partial charge in [-0.25, -0.2) is 0 Å². The number of amides is 1. The van der Waals surface area contributed by atoms with Crippen molar-refractivity contribution in [2.45, 2.75) is 6.92 Å². The maximum Gasteiger partial charge on any atom is 0.248 e. The van der Waals surface area contributed by atoms with Crippen LogP contribution in [0.15, 0.2) is 0 Å². The normalized spacial score (nSPS) is 20.3. The number of carbonyl (C=O) groups excluding carboxylic acids is 1. The maximum absolute atomic E-state index is 11.1. The van der Waals surface area contributed by atoms with Crippen molar-refractivity contribution in [3.05, 3.63) is 0 Å². The molecule has 1 aliphatic rings. The van der Waals surface area contributed by atoms with Crippen LogP contribution in [-0.4, -0.2) is 37.1 Å². The summed E-state index contributed by atoms with van der Waals surface area (Å²) in [5.41, 5.74) is 0. The minimum Gasteiger partial charge on any atom is -0.370 e. The highest BCUT2D eigenvalue weighted by Crippen LogP contribution is 2.03. The Morgan fingerprint density at radius 2 is 2.58 bits per heavy atom. The van der Waals surface area contributed by atoms with Crippen LogP contribution in [-0.2, 0) is 9.53 Å². The summed E-state index contributed by atoms with van der Waals surface area (Å²) < 4.78 is 4.95. The van der Waals surface area contributed by atoms with Gasteiger partial charge in [0.05, 0.1) is 18.6 Å². The standard InChI is InChI=1S/C8H12N2O2/c1-7(4-9)5-10-2-3-12-6-8(10)11/h7H,2-3,5-6H2,1H3. The summed E-state index contributed by atoms with van der Waals surface area (Å²) in [7, 11) is 0. The first-order chi connectivity index (χ1) is 5.74. The lowest BCUT2D eigenvalue weighted by Gasteiger charge is -2.27. The summed E-state index contributed by atoms with van der Waals surface area (Å²) in [4.78, 5) is 12.8. The molecule has 1 unspecified atom stereocenters.